The van der Waals surface area contributed by atoms with E-state index in [1.165, 1.54) is 0 Å². The topological polar surface area (TPSA) is 68.5 Å². The number of nitrogens with one attached hydrogen (secondary N) is 1. The molecule has 0 radical (unpaired) electrons. The second-order valence-electron chi connectivity index (χ2n) is 6.40. The van der Waals surface area contributed by atoms with E-state index in [0.29, 0.717) is 19.0 Å². The smallest absolute Gasteiger partial charge is 0.228 e. The van der Waals surface area contributed by atoms with Crippen LogP contribution >= 0.6 is 0 Å². The number of carbonyl (C=O) groups is 1. The van der Waals surface area contributed by atoms with Gasteiger partial charge in [-0.1, -0.05) is 0 Å². The zero-order chi connectivity index (χ0) is 17.2. The Morgan fingerprint density at radius 1 is 1.20 bits per heavy atom. The van der Waals surface area contributed by atoms with Gasteiger partial charge in [-0.3, -0.25) is 9.78 Å². The molecule has 128 valence electrons. The Bertz CT molecular complexity index is 913. The number of anilines is 1. The van der Waals surface area contributed by atoms with E-state index in [1.807, 2.05) is 35.9 Å². The van der Waals surface area contributed by atoms with Crippen LogP contribution < -0.4 is 5.32 Å². The summed E-state index contributed by atoms with van der Waals surface area (Å²) in [4.78, 5) is 20.9. The molecule has 25 heavy (non-hydrogen) atoms. The summed E-state index contributed by atoms with van der Waals surface area (Å²) in [7, 11) is 0. The summed E-state index contributed by atoms with van der Waals surface area (Å²) in [5.41, 5.74) is 4.18. The number of nitrogens with zero attached hydrogens (tertiary/aromatic N) is 3. The number of hydrogen-bond donors (Lipinski definition) is 1. The largest absolute Gasteiger partial charge is 0.381 e. The molecule has 0 atom stereocenters. The van der Waals surface area contributed by atoms with Crippen molar-refractivity contribution in [1.82, 2.24) is 14.4 Å². The fraction of sp³-hybridized carbons (Fsp3) is 0.316. The Labute approximate surface area is 145 Å². The van der Waals surface area contributed by atoms with Crippen LogP contribution in [0.15, 0.2) is 43.0 Å². The Morgan fingerprint density at radius 2 is 2.04 bits per heavy atom. The maximum atomic E-state index is 12.3. The van der Waals surface area contributed by atoms with Gasteiger partial charge in [0.05, 0.1) is 5.52 Å². The Balaban J connectivity index is 1.56. The van der Waals surface area contributed by atoms with Crippen molar-refractivity contribution in [3.63, 3.8) is 0 Å². The number of carbonyl (C=O) groups excluding carboxylic acids is 1. The van der Waals surface area contributed by atoms with Crippen LogP contribution in [0, 0.1) is 12.8 Å². The van der Waals surface area contributed by atoms with Crippen molar-refractivity contribution in [3.8, 4) is 11.1 Å². The number of aryl methyl sites for hydroxylation is 1. The van der Waals surface area contributed by atoms with E-state index in [9.17, 15) is 4.79 Å². The second kappa shape index (κ2) is 6.64. The van der Waals surface area contributed by atoms with E-state index in [1.54, 1.807) is 6.33 Å². The number of hydrogen-bond acceptors (Lipinski definition) is 4. The lowest BCUT2D eigenvalue weighted by Crippen LogP contribution is -2.28. The molecule has 0 aliphatic carbocycles. The zero-order valence-corrected chi connectivity index (χ0v) is 14.1. The average molecular weight is 336 g/mol. The average Bonchev–Trinajstić information content (AvgIpc) is 3.06. The minimum atomic E-state index is 0.00826. The molecule has 0 aromatic carbocycles. The van der Waals surface area contributed by atoms with Crippen molar-refractivity contribution in [1.29, 1.82) is 0 Å². The molecule has 4 rings (SSSR count). The number of pyridine rings is 1. The Kier molecular flexibility index (Phi) is 4.19. The quantitative estimate of drug-likeness (QED) is 0.798. The van der Waals surface area contributed by atoms with Crippen LogP contribution in [0.1, 0.15) is 18.5 Å². The minimum absolute atomic E-state index is 0.00826. The molecule has 0 spiro atoms. The predicted octanol–water partition coefficient (Wildman–Crippen LogP) is 3.07. The van der Waals surface area contributed by atoms with Gasteiger partial charge in [0.2, 0.25) is 5.91 Å². The maximum absolute atomic E-state index is 12.3. The number of amides is 1. The lowest BCUT2D eigenvalue weighted by Gasteiger charge is -2.20. The van der Waals surface area contributed by atoms with Crippen molar-refractivity contribution in [2.75, 3.05) is 18.5 Å². The van der Waals surface area contributed by atoms with E-state index >= 15 is 0 Å². The van der Waals surface area contributed by atoms with Crippen LogP contribution in [0.3, 0.4) is 0 Å². The van der Waals surface area contributed by atoms with Crippen LogP contribution in [-0.4, -0.2) is 33.5 Å². The van der Waals surface area contributed by atoms with Gasteiger partial charge < -0.3 is 14.5 Å². The highest BCUT2D eigenvalue weighted by Crippen LogP contribution is 2.24. The molecule has 0 saturated carbocycles. The molecule has 6 nitrogen and oxygen atoms in total. The van der Waals surface area contributed by atoms with Gasteiger partial charge in [0, 0.05) is 48.8 Å². The van der Waals surface area contributed by atoms with E-state index in [2.05, 4.69) is 27.4 Å². The van der Waals surface area contributed by atoms with Crippen molar-refractivity contribution >= 4 is 17.2 Å². The first kappa shape index (κ1) is 15.8. The fourth-order valence-corrected chi connectivity index (χ4v) is 3.15. The molecule has 0 unspecified atom stereocenters. The molecule has 0 bridgehead atoms. The van der Waals surface area contributed by atoms with Gasteiger partial charge in [-0.15, -0.1) is 0 Å². The third kappa shape index (κ3) is 3.39. The van der Waals surface area contributed by atoms with E-state index in [-0.39, 0.29) is 11.8 Å². The van der Waals surface area contributed by atoms with Gasteiger partial charge in [0.1, 0.15) is 12.1 Å². The highest BCUT2D eigenvalue weighted by atomic mass is 16.5. The summed E-state index contributed by atoms with van der Waals surface area (Å²) in [6.45, 7) is 3.28. The summed E-state index contributed by atoms with van der Waals surface area (Å²) in [6.07, 6.45) is 7.11. The van der Waals surface area contributed by atoms with E-state index < -0.39 is 0 Å². The van der Waals surface area contributed by atoms with E-state index in [4.69, 9.17) is 4.74 Å². The number of ether oxygens (including phenoxy) is 1. The monoisotopic (exact) mass is 336 g/mol. The van der Waals surface area contributed by atoms with Crippen molar-refractivity contribution in [2.45, 2.75) is 19.8 Å². The molecule has 6 heteroatoms. The summed E-state index contributed by atoms with van der Waals surface area (Å²) in [5.74, 6) is 0.616. The molecule has 1 fully saturated rings. The first-order valence-corrected chi connectivity index (χ1v) is 8.48. The van der Waals surface area contributed by atoms with Crippen molar-refractivity contribution in [3.05, 3.63) is 48.7 Å². The van der Waals surface area contributed by atoms with Crippen LogP contribution in [0.5, 0.6) is 0 Å². The predicted molar refractivity (Wildman–Crippen MR) is 95.3 cm³/mol. The lowest BCUT2D eigenvalue weighted by molar-refractivity contribution is -0.122. The molecule has 1 amide bonds. The van der Waals surface area contributed by atoms with Crippen LogP contribution in [0.4, 0.5) is 5.82 Å². The van der Waals surface area contributed by atoms with Crippen molar-refractivity contribution in [2.24, 2.45) is 5.92 Å². The molecular weight excluding hydrogens is 316 g/mol. The molecule has 3 aromatic rings. The summed E-state index contributed by atoms with van der Waals surface area (Å²) in [6, 6.07) is 8.02. The SMILES string of the molecule is Cc1cc(-c2cc3cc(NC(=O)C4CCOCC4)ncn3c2)ccn1. The molecule has 4 heterocycles. The highest BCUT2D eigenvalue weighted by Gasteiger charge is 2.21. The third-order valence-electron chi connectivity index (χ3n) is 4.56. The highest BCUT2D eigenvalue weighted by molar-refractivity contribution is 5.92. The van der Waals surface area contributed by atoms with Gasteiger partial charge in [-0.2, -0.15) is 0 Å². The molecule has 1 N–H and O–H groups in total. The van der Waals surface area contributed by atoms with Crippen LogP contribution in [0.2, 0.25) is 0 Å². The molecule has 3 aromatic heterocycles. The number of fused-ring (bicyclic) bond motifs is 1. The summed E-state index contributed by atoms with van der Waals surface area (Å²) < 4.78 is 7.26. The van der Waals surface area contributed by atoms with Gasteiger partial charge in [0.15, 0.2) is 0 Å². The van der Waals surface area contributed by atoms with Gasteiger partial charge in [-0.05, 0) is 43.5 Å². The molecule has 1 aliphatic rings. The lowest BCUT2D eigenvalue weighted by atomic mass is 9.99. The number of rotatable bonds is 3. The standard InChI is InChI=1S/C19H20N4O2/c1-13-8-15(2-5-20-13)16-9-17-10-18(21-12-23(17)11-16)22-19(24)14-3-6-25-7-4-14/h2,5,8-12,14H,3-4,6-7H2,1H3,(H,22,24). The minimum Gasteiger partial charge on any atom is -0.381 e. The second-order valence-corrected chi connectivity index (χ2v) is 6.40. The molecular formula is C19H20N4O2. The Hall–Kier alpha value is -2.73. The zero-order valence-electron chi connectivity index (χ0n) is 14.1. The van der Waals surface area contributed by atoms with E-state index in [0.717, 1.165) is 35.2 Å². The summed E-state index contributed by atoms with van der Waals surface area (Å²) in [5, 5.41) is 2.93. The molecule has 1 saturated heterocycles. The van der Waals surface area contributed by atoms with Crippen LogP contribution in [-0.2, 0) is 9.53 Å². The number of aromatic nitrogens is 3. The Morgan fingerprint density at radius 3 is 2.84 bits per heavy atom. The maximum Gasteiger partial charge on any atom is 0.228 e. The normalized spacial score (nSPS) is 15.4. The first-order valence-electron chi connectivity index (χ1n) is 8.48. The van der Waals surface area contributed by atoms with Crippen molar-refractivity contribution < 1.29 is 9.53 Å². The van der Waals surface area contributed by atoms with Gasteiger partial charge in [-0.25, -0.2) is 4.98 Å². The molecule has 1 aliphatic heterocycles. The third-order valence-corrected chi connectivity index (χ3v) is 4.56. The summed E-state index contributed by atoms with van der Waals surface area (Å²) >= 11 is 0. The van der Waals surface area contributed by atoms with Gasteiger partial charge in [0.25, 0.3) is 0 Å². The van der Waals surface area contributed by atoms with Crippen LogP contribution in [0.25, 0.3) is 16.6 Å². The first-order chi connectivity index (χ1) is 12.2. The fourth-order valence-electron chi connectivity index (χ4n) is 3.15. The van der Waals surface area contributed by atoms with Gasteiger partial charge >= 0.3 is 0 Å².